The molecule has 1 heteroatoms. The lowest BCUT2D eigenvalue weighted by Gasteiger charge is -1.93. The highest BCUT2D eigenvalue weighted by Crippen LogP contribution is 1.85. The Morgan fingerprint density at radius 3 is 2.89 bits per heavy atom. The number of rotatable bonds is 5. The summed E-state index contributed by atoms with van der Waals surface area (Å²) in [5, 5.41) is 3.16. The van der Waals surface area contributed by atoms with Gasteiger partial charge in [-0.05, 0) is 25.5 Å². The molecule has 0 aromatic rings. The summed E-state index contributed by atoms with van der Waals surface area (Å²) in [4.78, 5) is 0. The van der Waals surface area contributed by atoms with E-state index in [9.17, 15) is 0 Å². The zero-order valence-corrected chi connectivity index (χ0v) is 6.19. The third-order valence-electron chi connectivity index (χ3n) is 1.00. The molecule has 0 spiro atoms. The molecular weight excluding hydrogens is 110 g/mol. The maximum atomic E-state index is 3.72. The van der Waals surface area contributed by atoms with E-state index in [1.165, 1.54) is 6.42 Å². The van der Waals surface area contributed by atoms with E-state index in [2.05, 4.69) is 25.2 Å². The number of hydrogen-bond donors (Lipinski definition) is 1. The van der Waals surface area contributed by atoms with Crippen molar-refractivity contribution >= 4 is 0 Å². The zero-order valence-electron chi connectivity index (χ0n) is 6.19. The maximum Gasteiger partial charge on any atom is 0.0138 e. The summed E-state index contributed by atoms with van der Waals surface area (Å²) in [5.41, 5.74) is 0. The first-order valence-corrected chi connectivity index (χ1v) is 3.59. The monoisotopic (exact) mass is 126 g/mol. The smallest absolute Gasteiger partial charge is 0.0138 e. The van der Waals surface area contributed by atoms with Gasteiger partial charge in [-0.2, -0.15) is 0 Å². The van der Waals surface area contributed by atoms with Gasteiger partial charge in [0, 0.05) is 6.54 Å². The van der Waals surface area contributed by atoms with Crippen molar-refractivity contribution in [2.45, 2.75) is 26.2 Å². The van der Waals surface area contributed by atoms with Crippen LogP contribution in [0.2, 0.25) is 0 Å². The molecule has 0 aromatic heterocycles. The highest BCUT2D eigenvalue weighted by molar-refractivity contribution is 4.78. The van der Waals surface area contributed by atoms with Crippen LogP contribution in [0.4, 0.5) is 0 Å². The van der Waals surface area contributed by atoms with E-state index in [1.54, 1.807) is 0 Å². The summed E-state index contributed by atoms with van der Waals surface area (Å²) in [7, 11) is 0. The fourth-order valence-electron chi connectivity index (χ4n) is 0.512. The molecule has 0 fully saturated rings. The molecule has 0 aliphatic carbocycles. The first kappa shape index (κ1) is 8.54. The van der Waals surface area contributed by atoms with Gasteiger partial charge in [0.2, 0.25) is 0 Å². The number of allylic oxidation sites excluding steroid dienone is 1. The van der Waals surface area contributed by atoms with Crippen molar-refractivity contribution < 1.29 is 0 Å². The lowest BCUT2D eigenvalue weighted by molar-refractivity contribution is 0.804. The Labute approximate surface area is 58.2 Å². The highest BCUT2D eigenvalue weighted by Gasteiger charge is 1.73. The van der Waals surface area contributed by atoms with Gasteiger partial charge in [-0.25, -0.2) is 0 Å². The summed E-state index contributed by atoms with van der Waals surface area (Å²) in [5.74, 6) is 0. The minimum atomic E-state index is 0.990. The van der Waals surface area contributed by atoms with Gasteiger partial charge in [0.1, 0.15) is 0 Å². The standard InChI is InChI=1S/C8H16N/c1-3-5-6-8-9-7-4-2/h6,8-9H,1,3-5,7H2,2H3. The van der Waals surface area contributed by atoms with Gasteiger partial charge in [-0.15, -0.1) is 0 Å². The van der Waals surface area contributed by atoms with E-state index < -0.39 is 0 Å². The Hall–Kier alpha value is -0.460. The van der Waals surface area contributed by atoms with Crippen LogP contribution in [-0.2, 0) is 0 Å². The molecule has 0 aromatic carbocycles. The van der Waals surface area contributed by atoms with Gasteiger partial charge in [-0.3, -0.25) is 0 Å². The third-order valence-corrected chi connectivity index (χ3v) is 1.00. The summed E-state index contributed by atoms with van der Waals surface area (Å²) in [6.45, 7) is 6.96. The average Bonchev–Trinajstić information content (AvgIpc) is 1.89. The van der Waals surface area contributed by atoms with Crippen LogP contribution < -0.4 is 5.32 Å². The summed E-state index contributed by atoms with van der Waals surface area (Å²) in [6, 6.07) is 0. The van der Waals surface area contributed by atoms with Crippen LogP contribution in [0.25, 0.3) is 0 Å². The van der Waals surface area contributed by atoms with Crippen LogP contribution in [0.3, 0.4) is 0 Å². The van der Waals surface area contributed by atoms with Crippen LogP contribution in [0.5, 0.6) is 0 Å². The maximum absolute atomic E-state index is 3.72. The van der Waals surface area contributed by atoms with Crippen molar-refractivity contribution in [3.05, 3.63) is 19.2 Å². The molecule has 0 amide bonds. The second kappa shape index (κ2) is 7.54. The normalized spacial score (nSPS) is 10.4. The minimum Gasteiger partial charge on any atom is -0.391 e. The van der Waals surface area contributed by atoms with Gasteiger partial charge in [0.15, 0.2) is 0 Å². The Kier molecular flexibility index (Phi) is 7.15. The number of nitrogens with one attached hydrogen (secondary N) is 1. The van der Waals surface area contributed by atoms with Gasteiger partial charge in [-0.1, -0.05) is 19.9 Å². The molecule has 53 valence electrons. The first-order valence-electron chi connectivity index (χ1n) is 3.59. The first-order chi connectivity index (χ1) is 4.41. The Morgan fingerprint density at radius 1 is 1.56 bits per heavy atom. The topological polar surface area (TPSA) is 12.0 Å². The quantitative estimate of drug-likeness (QED) is 0.556. The van der Waals surface area contributed by atoms with Gasteiger partial charge in [0.25, 0.3) is 0 Å². The van der Waals surface area contributed by atoms with Crippen LogP contribution in [0.15, 0.2) is 12.3 Å². The lowest BCUT2D eigenvalue weighted by Crippen LogP contribution is -2.04. The van der Waals surface area contributed by atoms with Gasteiger partial charge < -0.3 is 5.32 Å². The molecular formula is C8H16N. The molecule has 0 atom stereocenters. The molecule has 0 saturated carbocycles. The van der Waals surface area contributed by atoms with E-state index in [-0.39, 0.29) is 0 Å². The molecule has 0 rings (SSSR count). The SMILES string of the molecule is [CH2]CCC=CNCCC. The molecule has 0 saturated heterocycles. The van der Waals surface area contributed by atoms with Crippen molar-refractivity contribution in [3.63, 3.8) is 0 Å². The Morgan fingerprint density at radius 2 is 2.33 bits per heavy atom. The van der Waals surface area contributed by atoms with E-state index in [4.69, 9.17) is 0 Å². The Balaban J connectivity index is 2.86. The van der Waals surface area contributed by atoms with Gasteiger partial charge in [0.05, 0.1) is 0 Å². The van der Waals surface area contributed by atoms with Crippen LogP contribution in [-0.4, -0.2) is 6.54 Å². The molecule has 0 heterocycles. The third kappa shape index (κ3) is 7.54. The van der Waals surface area contributed by atoms with Crippen LogP contribution >= 0.6 is 0 Å². The summed E-state index contributed by atoms with van der Waals surface area (Å²) in [6.07, 6.45) is 7.38. The average molecular weight is 126 g/mol. The molecule has 1 N–H and O–H groups in total. The van der Waals surface area contributed by atoms with Crippen molar-refractivity contribution in [2.75, 3.05) is 6.54 Å². The van der Waals surface area contributed by atoms with Crippen molar-refractivity contribution in [2.24, 2.45) is 0 Å². The number of hydrogen-bond acceptors (Lipinski definition) is 1. The van der Waals surface area contributed by atoms with Gasteiger partial charge >= 0.3 is 0 Å². The molecule has 0 aliphatic rings. The predicted molar refractivity (Wildman–Crippen MR) is 42.0 cm³/mol. The second-order valence-corrected chi connectivity index (χ2v) is 2.00. The highest BCUT2D eigenvalue weighted by atomic mass is 14.8. The zero-order chi connectivity index (χ0) is 6.95. The van der Waals surface area contributed by atoms with Crippen LogP contribution in [0, 0.1) is 6.92 Å². The molecule has 1 nitrogen and oxygen atoms in total. The van der Waals surface area contributed by atoms with E-state index >= 15 is 0 Å². The molecule has 0 unspecified atom stereocenters. The Bertz CT molecular complexity index is 67.0. The van der Waals surface area contributed by atoms with E-state index in [0.29, 0.717) is 0 Å². The summed E-state index contributed by atoms with van der Waals surface area (Å²) < 4.78 is 0. The van der Waals surface area contributed by atoms with E-state index in [1.807, 2.05) is 6.20 Å². The molecule has 9 heavy (non-hydrogen) atoms. The largest absolute Gasteiger partial charge is 0.391 e. The van der Waals surface area contributed by atoms with E-state index in [0.717, 1.165) is 19.4 Å². The minimum absolute atomic E-state index is 0.990. The fourth-order valence-corrected chi connectivity index (χ4v) is 0.512. The molecule has 0 aliphatic heterocycles. The summed E-state index contributed by atoms with van der Waals surface area (Å²) >= 11 is 0. The number of unbranched alkanes of at least 4 members (excludes halogenated alkanes) is 1. The molecule has 0 bridgehead atoms. The van der Waals surface area contributed by atoms with Crippen molar-refractivity contribution in [1.29, 1.82) is 0 Å². The lowest BCUT2D eigenvalue weighted by atomic mass is 10.3. The van der Waals surface area contributed by atoms with Crippen molar-refractivity contribution in [3.8, 4) is 0 Å². The second-order valence-electron chi connectivity index (χ2n) is 2.00. The fraction of sp³-hybridized carbons (Fsp3) is 0.625. The predicted octanol–water partition coefficient (Wildman–Crippen LogP) is 2.11. The van der Waals surface area contributed by atoms with Crippen molar-refractivity contribution in [1.82, 2.24) is 5.32 Å². The molecule has 1 radical (unpaired) electrons. The van der Waals surface area contributed by atoms with Crippen LogP contribution in [0.1, 0.15) is 26.2 Å².